The first-order valence-electron chi connectivity index (χ1n) is 8.80. The normalized spacial score (nSPS) is 13.0. The van der Waals surface area contributed by atoms with Crippen LogP contribution in [0.2, 0.25) is 0 Å². The monoisotopic (exact) mass is 347 g/mol. The molecule has 2 heterocycles. The Morgan fingerprint density at radius 3 is 2.62 bits per heavy atom. The van der Waals surface area contributed by atoms with Crippen LogP contribution in [0.1, 0.15) is 27.7 Å². The smallest absolute Gasteiger partial charge is 0.310 e. The van der Waals surface area contributed by atoms with Crippen LogP contribution in [0.5, 0.6) is 0 Å². The molecule has 4 nitrogen and oxygen atoms in total. The van der Waals surface area contributed by atoms with E-state index in [-0.39, 0.29) is 0 Å². The molecule has 0 aliphatic rings. The summed E-state index contributed by atoms with van der Waals surface area (Å²) in [6.45, 7) is 7.34. The Labute approximate surface area is 153 Å². The van der Waals surface area contributed by atoms with Gasteiger partial charge in [-0.05, 0) is 62.8 Å². The number of benzene rings is 2. The molecule has 0 amide bonds. The van der Waals surface area contributed by atoms with E-state index in [0.29, 0.717) is 7.48 Å². The molecule has 0 atom stereocenters. The lowest BCUT2D eigenvalue weighted by molar-refractivity contribution is -0.0893. The molecule has 0 unspecified atom stereocenters. The summed E-state index contributed by atoms with van der Waals surface area (Å²) >= 11 is 0. The number of aliphatic hydroxyl groups is 1. The molecule has 132 valence electrons. The van der Waals surface area contributed by atoms with Crippen molar-refractivity contribution >= 4 is 45.7 Å². The Balaban J connectivity index is 1.84. The number of nitrogens with zero attached hydrogens (tertiary/aromatic N) is 1. The SMILES string of the molecule is CC(C)(O)C(C)(C)OBc1cccc2oc3cc4cnccc4cc3c12. The number of pyridine rings is 1. The first-order chi connectivity index (χ1) is 12.3. The predicted octanol–water partition coefficient (Wildman–Crippen LogP) is 3.68. The summed E-state index contributed by atoms with van der Waals surface area (Å²) in [5, 5.41) is 14.7. The van der Waals surface area contributed by atoms with E-state index in [0.717, 1.165) is 38.2 Å². The molecule has 0 bridgehead atoms. The van der Waals surface area contributed by atoms with Gasteiger partial charge in [0.05, 0.1) is 11.2 Å². The minimum absolute atomic E-state index is 0.400. The first-order valence-corrected chi connectivity index (χ1v) is 8.80. The number of furan rings is 1. The second kappa shape index (κ2) is 5.83. The highest BCUT2D eigenvalue weighted by molar-refractivity contribution is 6.53. The molecule has 0 aliphatic heterocycles. The Kier molecular flexibility index (Phi) is 3.83. The summed E-state index contributed by atoms with van der Waals surface area (Å²) in [6, 6.07) is 12.2. The van der Waals surface area contributed by atoms with Gasteiger partial charge in [-0.15, -0.1) is 0 Å². The van der Waals surface area contributed by atoms with Crippen molar-refractivity contribution in [1.82, 2.24) is 4.98 Å². The molecule has 0 spiro atoms. The van der Waals surface area contributed by atoms with Gasteiger partial charge in [-0.2, -0.15) is 0 Å². The van der Waals surface area contributed by atoms with Crippen LogP contribution in [0.4, 0.5) is 0 Å². The molecule has 0 fully saturated rings. The van der Waals surface area contributed by atoms with Gasteiger partial charge in [-0.1, -0.05) is 12.1 Å². The maximum atomic E-state index is 10.3. The van der Waals surface area contributed by atoms with Crippen molar-refractivity contribution < 1.29 is 14.2 Å². The molecule has 5 heteroatoms. The summed E-state index contributed by atoms with van der Waals surface area (Å²) in [5.41, 5.74) is 1.11. The minimum atomic E-state index is -0.942. The van der Waals surface area contributed by atoms with Gasteiger partial charge in [0.2, 0.25) is 0 Å². The standard InChI is InChI=1S/C21H22BNO3/c1-20(2,24)21(3,4)26-22-16-6-5-7-17-19(16)15-10-13-8-9-23-12-14(13)11-18(15)25-17/h5-12,22,24H,1-4H3. The zero-order valence-corrected chi connectivity index (χ0v) is 15.5. The number of fused-ring (bicyclic) bond motifs is 4. The number of rotatable bonds is 4. The van der Waals surface area contributed by atoms with Gasteiger partial charge in [-0.3, -0.25) is 4.98 Å². The fourth-order valence-electron chi connectivity index (χ4n) is 3.04. The minimum Gasteiger partial charge on any atom is -0.456 e. The summed E-state index contributed by atoms with van der Waals surface area (Å²) in [5.74, 6) is 0. The zero-order valence-electron chi connectivity index (χ0n) is 15.5. The molecule has 0 aliphatic carbocycles. The molecule has 1 N–H and O–H groups in total. The van der Waals surface area contributed by atoms with Crippen LogP contribution < -0.4 is 5.46 Å². The quantitative estimate of drug-likeness (QED) is 0.572. The Bertz CT molecular complexity index is 1110. The third kappa shape index (κ3) is 2.77. The lowest BCUT2D eigenvalue weighted by Gasteiger charge is -2.37. The van der Waals surface area contributed by atoms with Crippen LogP contribution in [0.15, 0.2) is 53.2 Å². The fourth-order valence-corrected chi connectivity index (χ4v) is 3.04. The van der Waals surface area contributed by atoms with Crippen molar-refractivity contribution in [2.24, 2.45) is 0 Å². The van der Waals surface area contributed by atoms with Crippen molar-refractivity contribution in [3.63, 3.8) is 0 Å². The molecule has 2 aromatic carbocycles. The molecular weight excluding hydrogens is 325 g/mol. The van der Waals surface area contributed by atoms with Crippen molar-refractivity contribution in [2.75, 3.05) is 0 Å². The van der Waals surface area contributed by atoms with Crippen LogP contribution in [-0.2, 0) is 4.65 Å². The van der Waals surface area contributed by atoms with Gasteiger partial charge in [0.15, 0.2) is 0 Å². The highest BCUT2D eigenvalue weighted by atomic mass is 16.5. The molecule has 0 saturated carbocycles. The van der Waals surface area contributed by atoms with Crippen molar-refractivity contribution in [2.45, 2.75) is 38.9 Å². The highest BCUT2D eigenvalue weighted by Crippen LogP contribution is 2.31. The maximum absolute atomic E-state index is 10.3. The number of aromatic nitrogens is 1. The zero-order chi connectivity index (χ0) is 18.5. The van der Waals surface area contributed by atoms with Gasteiger partial charge in [-0.25, -0.2) is 0 Å². The topological polar surface area (TPSA) is 55.5 Å². The van der Waals surface area contributed by atoms with E-state index >= 15 is 0 Å². The third-order valence-corrected chi connectivity index (χ3v) is 5.40. The third-order valence-electron chi connectivity index (χ3n) is 5.40. The van der Waals surface area contributed by atoms with E-state index in [9.17, 15) is 5.11 Å². The lowest BCUT2D eigenvalue weighted by atomic mass is 9.80. The molecule has 0 saturated heterocycles. The second-order valence-corrected chi connectivity index (χ2v) is 7.82. The van der Waals surface area contributed by atoms with Crippen LogP contribution in [0, 0.1) is 0 Å². The van der Waals surface area contributed by atoms with Gasteiger partial charge in [0.25, 0.3) is 0 Å². The fraction of sp³-hybridized carbons (Fsp3) is 0.286. The van der Waals surface area contributed by atoms with Gasteiger partial charge in [0, 0.05) is 28.6 Å². The van der Waals surface area contributed by atoms with E-state index in [1.54, 1.807) is 20.0 Å². The summed E-state index contributed by atoms with van der Waals surface area (Å²) < 4.78 is 12.2. The van der Waals surface area contributed by atoms with Crippen LogP contribution >= 0.6 is 0 Å². The van der Waals surface area contributed by atoms with Crippen LogP contribution in [0.3, 0.4) is 0 Å². The molecular formula is C21H22BNO3. The van der Waals surface area contributed by atoms with E-state index in [2.05, 4.69) is 17.1 Å². The van der Waals surface area contributed by atoms with Crippen molar-refractivity contribution in [3.05, 3.63) is 48.8 Å². The van der Waals surface area contributed by atoms with E-state index < -0.39 is 11.2 Å². The summed E-state index contributed by atoms with van der Waals surface area (Å²) in [7, 11) is 0.400. The van der Waals surface area contributed by atoms with Crippen molar-refractivity contribution in [1.29, 1.82) is 0 Å². The van der Waals surface area contributed by atoms with E-state index in [1.807, 2.05) is 44.3 Å². The number of hydrogen-bond donors (Lipinski definition) is 1. The van der Waals surface area contributed by atoms with Gasteiger partial charge in [0.1, 0.15) is 11.2 Å². The highest BCUT2D eigenvalue weighted by Gasteiger charge is 2.35. The summed E-state index contributed by atoms with van der Waals surface area (Å²) in [6.07, 6.45) is 3.64. The first kappa shape index (κ1) is 17.1. The van der Waals surface area contributed by atoms with Gasteiger partial charge < -0.3 is 14.2 Å². The van der Waals surface area contributed by atoms with Crippen LogP contribution in [0.25, 0.3) is 32.7 Å². The number of hydrogen-bond acceptors (Lipinski definition) is 4. The predicted molar refractivity (Wildman–Crippen MR) is 107 cm³/mol. The van der Waals surface area contributed by atoms with Crippen molar-refractivity contribution in [3.8, 4) is 0 Å². The average Bonchev–Trinajstić information content (AvgIpc) is 2.95. The molecule has 4 aromatic rings. The Morgan fingerprint density at radius 1 is 1.04 bits per heavy atom. The largest absolute Gasteiger partial charge is 0.456 e. The molecule has 26 heavy (non-hydrogen) atoms. The summed E-state index contributed by atoms with van der Waals surface area (Å²) in [4.78, 5) is 4.19. The van der Waals surface area contributed by atoms with E-state index in [4.69, 9.17) is 9.07 Å². The molecule has 0 radical (unpaired) electrons. The Hall–Kier alpha value is -2.37. The van der Waals surface area contributed by atoms with E-state index in [1.165, 1.54) is 0 Å². The Morgan fingerprint density at radius 2 is 1.85 bits per heavy atom. The maximum Gasteiger partial charge on any atom is 0.310 e. The van der Waals surface area contributed by atoms with Crippen LogP contribution in [-0.4, -0.2) is 28.8 Å². The molecule has 2 aromatic heterocycles. The van der Waals surface area contributed by atoms with Gasteiger partial charge >= 0.3 is 7.48 Å². The average molecular weight is 347 g/mol. The second-order valence-electron chi connectivity index (χ2n) is 7.82. The lowest BCUT2D eigenvalue weighted by Crippen LogP contribution is -2.49. The molecule has 4 rings (SSSR count).